The lowest BCUT2D eigenvalue weighted by molar-refractivity contribution is 0.00816. The zero-order chi connectivity index (χ0) is 22.1. The predicted octanol–water partition coefficient (Wildman–Crippen LogP) is 8.20. The molecular weight excluding hydrogens is 396 g/mol. The lowest BCUT2D eigenvalue weighted by Crippen LogP contribution is -2.21. The fourth-order valence-corrected chi connectivity index (χ4v) is 5.83. The van der Waals surface area contributed by atoms with Gasteiger partial charge in [0.15, 0.2) is 0 Å². The predicted molar refractivity (Wildman–Crippen MR) is 134 cm³/mol. The van der Waals surface area contributed by atoms with E-state index in [1.54, 1.807) is 0 Å². The molecule has 0 N–H and O–H groups in total. The highest BCUT2D eigenvalue weighted by molar-refractivity contribution is 4.78. The molecule has 32 heavy (non-hydrogen) atoms. The van der Waals surface area contributed by atoms with Crippen LogP contribution < -0.4 is 0 Å². The van der Waals surface area contributed by atoms with E-state index in [-0.39, 0.29) is 0 Å². The largest absolute Gasteiger partial charge is 0.378 e. The van der Waals surface area contributed by atoms with Gasteiger partial charge in [-0.2, -0.15) is 0 Å². The molecule has 3 heteroatoms. The second-order valence-corrected chi connectivity index (χ2v) is 10.8. The Labute approximate surface area is 199 Å². The highest BCUT2D eigenvalue weighted by atomic mass is 16.5. The van der Waals surface area contributed by atoms with Gasteiger partial charge in [0.1, 0.15) is 0 Å². The van der Waals surface area contributed by atoms with E-state index < -0.39 is 0 Å². The SMILES string of the molecule is [CH](CCCCOC1CCCCC1)C(CCCCOC1CCCCC1)COC1CCCCC1. The molecule has 0 aromatic carbocycles. The summed E-state index contributed by atoms with van der Waals surface area (Å²) < 4.78 is 18.6. The van der Waals surface area contributed by atoms with E-state index in [2.05, 4.69) is 6.42 Å². The van der Waals surface area contributed by atoms with Crippen LogP contribution in [0.4, 0.5) is 0 Å². The summed E-state index contributed by atoms with van der Waals surface area (Å²) in [6.45, 7) is 2.85. The molecule has 0 amide bonds. The minimum absolute atomic E-state index is 0.526. The molecule has 1 radical (unpaired) electrons. The summed E-state index contributed by atoms with van der Waals surface area (Å²) in [5, 5.41) is 0. The monoisotopic (exact) mass is 449 g/mol. The Bertz CT molecular complexity index is 422. The van der Waals surface area contributed by atoms with Crippen LogP contribution >= 0.6 is 0 Å². The third-order valence-electron chi connectivity index (χ3n) is 7.98. The van der Waals surface area contributed by atoms with Crippen LogP contribution in [0, 0.1) is 12.3 Å². The Balaban J connectivity index is 1.24. The van der Waals surface area contributed by atoms with Gasteiger partial charge in [-0.1, -0.05) is 70.6 Å². The minimum atomic E-state index is 0.526. The number of hydrogen-bond acceptors (Lipinski definition) is 3. The fraction of sp³-hybridized carbons (Fsp3) is 0.966. The quantitative estimate of drug-likeness (QED) is 0.222. The van der Waals surface area contributed by atoms with Crippen LogP contribution in [-0.4, -0.2) is 38.1 Å². The summed E-state index contributed by atoms with van der Waals surface area (Å²) in [5.41, 5.74) is 0. The van der Waals surface area contributed by atoms with E-state index in [0.717, 1.165) is 19.8 Å². The number of hydrogen-bond donors (Lipinski definition) is 0. The van der Waals surface area contributed by atoms with Crippen LogP contribution in [0.2, 0.25) is 0 Å². The maximum absolute atomic E-state index is 6.37. The average Bonchev–Trinajstić information content (AvgIpc) is 2.86. The molecule has 0 aromatic heterocycles. The summed E-state index contributed by atoms with van der Waals surface area (Å²) >= 11 is 0. The van der Waals surface area contributed by atoms with Crippen molar-refractivity contribution >= 4 is 0 Å². The van der Waals surface area contributed by atoms with Gasteiger partial charge in [0.05, 0.1) is 24.9 Å². The Morgan fingerprint density at radius 3 is 1.53 bits per heavy atom. The Hall–Kier alpha value is -0.120. The number of ether oxygens (including phenoxy) is 3. The van der Waals surface area contributed by atoms with E-state index in [0.29, 0.717) is 24.2 Å². The first kappa shape index (κ1) is 26.5. The molecule has 3 aliphatic rings. The summed E-state index contributed by atoms with van der Waals surface area (Å²) in [6.07, 6.45) is 31.7. The van der Waals surface area contributed by atoms with E-state index in [1.165, 1.54) is 135 Å². The van der Waals surface area contributed by atoms with E-state index in [9.17, 15) is 0 Å². The van der Waals surface area contributed by atoms with Crippen LogP contribution in [0.15, 0.2) is 0 Å². The smallest absolute Gasteiger partial charge is 0.0575 e. The lowest BCUT2D eigenvalue weighted by Gasteiger charge is -2.25. The van der Waals surface area contributed by atoms with Crippen molar-refractivity contribution in [3.05, 3.63) is 6.42 Å². The van der Waals surface area contributed by atoms with E-state index >= 15 is 0 Å². The van der Waals surface area contributed by atoms with Gasteiger partial charge >= 0.3 is 0 Å². The Morgan fingerprint density at radius 2 is 1.00 bits per heavy atom. The highest BCUT2D eigenvalue weighted by Gasteiger charge is 2.18. The molecule has 0 heterocycles. The highest BCUT2D eigenvalue weighted by Crippen LogP contribution is 2.25. The molecule has 3 aliphatic carbocycles. The van der Waals surface area contributed by atoms with Crippen LogP contribution in [0.1, 0.15) is 135 Å². The van der Waals surface area contributed by atoms with Crippen molar-refractivity contribution < 1.29 is 14.2 Å². The standard InChI is InChI=1S/C29H53O3/c1-6-17-27(18-7-1)30-23-13-4-5-15-26(25-32-29-21-10-3-11-22-29)16-12-14-24-31-28-19-8-2-9-20-28/h15,26-29H,1-14,16-25H2. The molecule has 0 spiro atoms. The number of unbranched alkanes of at least 4 members (excludes halogenated alkanes) is 3. The van der Waals surface area contributed by atoms with Crippen molar-refractivity contribution in [3.63, 3.8) is 0 Å². The Morgan fingerprint density at radius 1 is 0.531 bits per heavy atom. The molecule has 0 aromatic rings. The zero-order valence-electron chi connectivity index (χ0n) is 21.1. The van der Waals surface area contributed by atoms with Gasteiger partial charge in [-0.25, -0.2) is 0 Å². The summed E-state index contributed by atoms with van der Waals surface area (Å²) in [4.78, 5) is 0. The normalized spacial score (nSPS) is 22.9. The van der Waals surface area contributed by atoms with E-state index in [4.69, 9.17) is 14.2 Å². The van der Waals surface area contributed by atoms with E-state index in [1.807, 2.05) is 0 Å². The van der Waals surface area contributed by atoms with Crippen molar-refractivity contribution in [2.24, 2.45) is 5.92 Å². The minimum Gasteiger partial charge on any atom is -0.378 e. The molecule has 0 saturated heterocycles. The van der Waals surface area contributed by atoms with Crippen molar-refractivity contribution in [2.75, 3.05) is 19.8 Å². The molecule has 3 rings (SSSR count). The van der Waals surface area contributed by atoms with Gasteiger partial charge in [-0.3, -0.25) is 0 Å². The second-order valence-electron chi connectivity index (χ2n) is 10.8. The molecule has 187 valence electrons. The second kappa shape index (κ2) is 17.3. The summed E-state index contributed by atoms with van der Waals surface area (Å²) in [7, 11) is 0. The third kappa shape index (κ3) is 11.8. The van der Waals surface area contributed by atoms with Gasteiger partial charge in [-0.05, 0) is 76.5 Å². The molecule has 1 atom stereocenters. The number of rotatable bonds is 16. The van der Waals surface area contributed by atoms with Crippen LogP contribution in [0.3, 0.4) is 0 Å². The maximum atomic E-state index is 6.37. The summed E-state index contributed by atoms with van der Waals surface area (Å²) in [5.74, 6) is 0.617. The first-order valence-electron chi connectivity index (χ1n) is 14.6. The van der Waals surface area contributed by atoms with Gasteiger partial charge in [0.2, 0.25) is 0 Å². The molecule has 3 nitrogen and oxygen atoms in total. The molecular formula is C29H53O3. The van der Waals surface area contributed by atoms with Crippen molar-refractivity contribution in [1.29, 1.82) is 0 Å². The van der Waals surface area contributed by atoms with Crippen LogP contribution in [-0.2, 0) is 14.2 Å². The first-order valence-corrected chi connectivity index (χ1v) is 14.6. The fourth-order valence-electron chi connectivity index (χ4n) is 5.83. The molecule has 3 saturated carbocycles. The van der Waals surface area contributed by atoms with Gasteiger partial charge < -0.3 is 14.2 Å². The average molecular weight is 450 g/mol. The van der Waals surface area contributed by atoms with Crippen molar-refractivity contribution in [2.45, 2.75) is 153 Å². The van der Waals surface area contributed by atoms with Crippen molar-refractivity contribution in [3.8, 4) is 0 Å². The lowest BCUT2D eigenvalue weighted by atomic mass is 9.95. The molecule has 0 aliphatic heterocycles. The van der Waals surface area contributed by atoms with Gasteiger partial charge in [-0.15, -0.1) is 0 Å². The van der Waals surface area contributed by atoms with Gasteiger partial charge in [0, 0.05) is 13.2 Å². The Kier molecular flexibility index (Phi) is 14.3. The third-order valence-corrected chi connectivity index (χ3v) is 7.98. The molecule has 0 bridgehead atoms. The molecule has 3 fully saturated rings. The molecule has 1 unspecified atom stereocenters. The maximum Gasteiger partial charge on any atom is 0.0575 e. The van der Waals surface area contributed by atoms with Crippen LogP contribution in [0.25, 0.3) is 0 Å². The van der Waals surface area contributed by atoms with Crippen molar-refractivity contribution in [1.82, 2.24) is 0 Å². The first-order chi connectivity index (χ1) is 15.9. The summed E-state index contributed by atoms with van der Waals surface area (Å²) in [6, 6.07) is 0. The van der Waals surface area contributed by atoms with Gasteiger partial charge in [0.25, 0.3) is 0 Å². The zero-order valence-corrected chi connectivity index (χ0v) is 21.1. The van der Waals surface area contributed by atoms with Crippen LogP contribution in [0.5, 0.6) is 0 Å². The topological polar surface area (TPSA) is 27.7 Å².